The van der Waals surface area contributed by atoms with Gasteiger partial charge in [-0.3, -0.25) is 13.9 Å². The summed E-state index contributed by atoms with van der Waals surface area (Å²) < 4.78 is 69.4. The second-order valence-corrected chi connectivity index (χ2v) is 13.4. The normalized spacial score (nSPS) is 12.6. The molecule has 0 fully saturated rings. The number of hydrogen-bond donors (Lipinski definition) is 1. The van der Waals surface area contributed by atoms with Crippen LogP contribution in [0.3, 0.4) is 0 Å². The van der Waals surface area contributed by atoms with Crippen molar-refractivity contribution in [2.24, 2.45) is 5.92 Å². The number of hydrogen-bond acceptors (Lipinski definition) is 4. The van der Waals surface area contributed by atoms with E-state index >= 15 is 0 Å². The van der Waals surface area contributed by atoms with Gasteiger partial charge in [-0.2, -0.15) is 13.2 Å². The highest BCUT2D eigenvalue weighted by atomic mass is 35.5. The van der Waals surface area contributed by atoms with Crippen LogP contribution in [0.25, 0.3) is 0 Å². The maximum absolute atomic E-state index is 14.1. The lowest BCUT2D eigenvalue weighted by Crippen LogP contribution is -2.52. The molecule has 0 saturated heterocycles. The molecule has 0 spiro atoms. The molecule has 1 N–H and O–H groups in total. The Hall–Kier alpha value is -3.28. The summed E-state index contributed by atoms with van der Waals surface area (Å²) in [4.78, 5) is 28.4. The summed E-state index contributed by atoms with van der Waals surface area (Å²) in [5.41, 5.74) is -0.257. The van der Waals surface area contributed by atoms with Gasteiger partial charge in [0.2, 0.25) is 11.8 Å². The number of benzene rings is 3. The van der Waals surface area contributed by atoms with Crippen molar-refractivity contribution in [2.75, 3.05) is 17.4 Å². The third kappa shape index (κ3) is 8.89. The highest BCUT2D eigenvalue weighted by Gasteiger charge is 2.36. The Morgan fingerprint density at radius 1 is 0.977 bits per heavy atom. The zero-order chi connectivity index (χ0) is 32.8. The third-order valence-electron chi connectivity index (χ3n) is 6.78. The van der Waals surface area contributed by atoms with Gasteiger partial charge in [-0.05, 0) is 67.3 Å². The van der Waals surface area contributed by atoms with Crippen LogP contribution in [0.1, 0.15) is 43.9 Å². The minimum atomic E-state index is -4.77. The van der Waals surface area contributed by atoms with Gasteiger partial charge in [-0.15, -0.1) is 0 Å². The molecule has 3 rings (SSSR count). The summed E-state index contributed by atoms with van der Waals surface area (Å²) in [5.74, 6) is -1.18. The smallest absolute Gasteiger partial charge is 0.354 e. The zero-order valence-corrected chi connectivity index (χ0v) is 27.0. The molecule has 44 heavy (non-hydrogen) atoms. The number of halogens is 5. The molecule has 0 heterocycles. The summed E-state index contributed by atoms with van der Waals surface area (Å²) in [6.45, 7) is 6.49. The number of sulfonamides is 1. The summed E-state index contributed by atoms with van der Waals surface area (Å²) in [6.07, 6.45) is -4.60. The molecule has 1 atom stereocenters. The summed E-state index contributed by atoms with van der Waals surface area (Å²) in [7, 11) is -4.55. The van der Waals surface area contributed by atoms with Crippen molar-refractivity contribution in [1.29, 1.82) is 0 Å². The molecule has 3 aromatic carbocycles. The first-order chi connectivity index (χ1) is 20.5. The lowest BCUT2D eigenvalue weighted by atomic mass is 10.1. The second kappa shape index (κ2) is 14.7. The van der Waals surface area contributed by atoms with E-state index < -0.39 is 46.2 Å². The van der Waals surface area contributed by atoms with Crippen LogP contribution in [-0.4, -0.2) is 44.3 Å². The highest BCUT2D eigenvalue weighted by molar-refractivity contribution is 7.92. The fraction of sp³-hybridized carbons (Fsp3) is 0.355. The van der Waals surface area contributed by atoms with Crippen LogP contribution >= 0.6 is 23.2 Å². The molecule has 13 heteroatoms. The number of aryl methyl sites for hydroxylation is 1. The van der Waals surface area contributed by atoms with E-state index in [1.54, 1.807) is 38.1 Å². The molecule has 0 aliphatic rings. The molecule has 0 aromatic heterocycles. The van der Waals surface area contributed by atoms with Gasteiger partial charge >= 0.3 is 6.18 Å². The molecule has 0 aliphatic heterocycles. The van der Waals surface area contributed by atoms with Crippen LogP contribution in [0.5, 0.6) is 0 Å². The van der Waals surface area contributed by atoms with E-state index in [1.165, 1.54) is 29.2 Å². The Morgan fingerprint density at radius 3 is 2.20 bits per heavy atom. The summed E-state index contributed by atoms with van der Waals surface area (Å²) in [6, 6.07) is 13.0. The average molecular weight is 673 g/mol. The largest absolute Gasteiger partial charge is 0.416 e. The molecule has 3 aromatic rings. The van der Waals surface area contributed by atoms with Gasteiger partial charge in [-0.25, -0.2) is 8.42 Å². The quantitative estimate of drug-likeness (QED) is 0.223. The molecule has 0 aliphatic carbocycles. The second-order valence-electron chi connectivity index (χ2n) is 10.7. The molecular formula is C31H34Cl2F3N3O4S. The van der Waals surface area contributed by atoms with Crippen molar-refractivity contribution < 1.29 is 31.2 Å². The van der Waals surface area contributed by atoms with Gasteiger partial charge in [0.1, 0.15) is 12.6 Å². The molecule has 0 saturated carbocycles. The fourth-order valence-electron chi connectivity index (χ4n) is 4.38. The molecule has 0 bridgehead atoms. The van der Waals surface area contributed by atoms with Crippen molar-refractivity contribution in [2.45, 2.75) is 57.8 Å². The Labute approximate surface area is 266 Å². The van der Waals surface area contributed by atoms with Gasteiger partial charge in [0.05, 0.1) is 16.1 Å². The first-order valence-corrected chi connectivity index (χ1v) is 16.0. The van der Waals surface area contributed by atoms with Crippen molar-refractivity contribution in [1.82, 2.24) is 10.2 Å². The minimum Gasteiger partial charge on any atom is -0.354 e. The lowest BCUT2D eigenvalue weighted by Gasteiger charge is -2.33. The van der Waals surface area contributed by atoms with Crippen molar-refractivity contribution in [3.05, 3.63) is 93.5 Å². The Morgan fingerprint density at radius 2 is 1.64 bits per heavy atom. The fourth-order valence-corrected chi connectivity index (χ4v) is 6.25. The number of anilines is 1. The molecular weight excluding hydrogens is 638 g/mol. The van der Waals surface area contributed by atoms with Gasteiger partial charge in [0.15, 0.2) is 0 Å². The first-order valence-electron chi connectivity index (χ1n) is 13.8. The van der Waals surface area contributed by atoms with Crippen LogP contribution in [0.15, 0.2) is 71.6 Å². The number of amides is 2. The number of nitrogens with one attached hydrogen (secondary N) is 1. The van der Waals surface area contributed by atoms with Gasteiger partial charge < -0.3 is 10.2 Å². The van der Waals surface area contributed by atoms with E-state index in [1.807, 2.05) is 13.8 Å². The number of alkyl halides is 3. The monoisotopic (exact) mass is 671 g/mol. The van der Waals surface area contributed by atoms with Crippen molar-refractivity contribution >= 4 is 50.7 Å². The average Bonchev–Trinajstić information content (AvgIpc) is 2.95. The van der Waals surface area contributed by atoms with E-state index in [-0.39, 0.29) is 34.5 Å². The first kappa shape index (κ1) is 35.2. The van der Waals surface area contributed by atoms with Crippen LogP contribution in [-0.2, 0) is 32.3 Å². The Bertz CT molecular complexity index is 1580. The van der Waals surface area contributed by atoms with E-state index in [9.17, 15) is 31.2 Å². The van der Waals surface area contributed by atoms with Crippen LogP contribution in [0.4, 0.5) is 18.9 Å². The molecule has 238 valence electrons. The van der Waals surface area contributed by atoms with E-state index in [0.717, 1.165) is 17.7 Å². The van der Waals surface area contributed by atoms with Crippen LogP contribution in [0, 0.1) is 12.8 Å². The van der Waals surface area contributed by atoms with E-state index in [2.05, 4.69) is 5.32 Å². The number of rotatable bonds is 12. The maximum atomic E-state index is 14.1. The number of carbonyl (C=O) groups is 2. The number of nitrogens with zero attached hydrogens (tertiary/aromatic N) is 2. The summed E-state index contributed by atoms with van der Waals surface area (Å²) in [5, 5.41) is 3.37. The predicted molar refractivity (Wildman–Crippen MR) is 166 cm³/mol. The number of carbonyl (C=O) groups excluding carboxylic acids is 2. The van der Waals surface area contributed by atoms with Crippen LogP contribution < -0.4 is 9.62 Å². The van der Waals surface area contributed by atoms with E-state index in [4.69, 9.17) is 23.2 Å². The highest BCUT2D eigenvalue weighted by Crippen LogP contribution is 2.34. The molecule has 0 radical (unpaired) electrons. The lowest BCUT2D eigenvalue weighted by molar-refractivity contribution is -0.140. The van der Waals surface area contributed by atoms with Crippen LogP contribution in [0.2, 0.25) is 10.0 Å². The summed E-state index contributed by atoms with van der Waals surface area (Å²) >= 11 is 12.4. The Balaban J connectivity index is 2.13. The van der Waals surface area contributed by atoms with Crippen molar-refractivity contribution in [3.8, 4) is 0 Å². The minimum absolute atomic E-state index is 0.113. The Kier molecular flexibility index (Phi) is 11.7. The standard InChI is InChI=1S/C31H34Cl2F3N3O4S/c1-5-28(30(41)37-17-20(2)3)38(18-22-11-12-24(32)16-27(22)33)29(40)19-39(25-8-6-7-23(15-25)31(34,35)36)44(42,43)26-13-9-21(4)10-14-26/h6-16,20,28H,5,17-19H2,1-4H3,(H,37,41)/t28-/m1/s1. The molecule has 0 unspecified atom stereocenters. The SMILES string of the molecule is CC[C@H](C(=O)NCC(C)C)N(Cc1ccc(Cl)cc1Cl)C(=O)CN(c1cccc(C(F)(F)F)c1)S(=O)(=O)c1ccc(C)cc1. The van der Waals surface area contributed by atoms with E-state index in [0.29, 0.717) is 27.5 Å². The predicted octanol–water partition coefficient (Wildman–Crippen LogP) is 7.10. The zero-order valence-electron chi connectivity index (χ0n) is 24.7. The molecule has 7 nitrogen and oxygen atoms in total. The molecule has 2 amide bonds. The maximum Gasteiger partial charge on any atom is 0.416 e. The third-order valence-corrected chi connectivity index (χ3v) is 9.15. The van der Waals surface area contributed by atoms with Gasteiger partial charge in [0.25, 0.3) is 10.0 Å². The van der Waals surface area contributed by atoms with Gasteiger partial charge in [-0.1, -0.05) is 73.8 Å². The topological polar surface area (TPSA) is 86.8 Å². The van der Waals surface area contributed by atoms with Crippen molar-refractivity contribution in [3.63, 3.8) is 0 Å². The van der Waals surface area contributed by atoms with Gasteiger partial charge in [0, 0.05) is 23.1 Å².